The van der Waals surface area contributed by atoms with Crippen molar-refractivity contribution in [2.75, 3.05) is 0 Å². The Hall–Kier alpha value is -1.37. The van der Waals surface area contributed by atoms with Crippen LogP contribution in [-0.2, 0) is 17.6 Å². The van der Waals surface area contributed by atoms with E-state index in [2.05, 4.69) is 38.1 Å². The SMILES string of the molecule is CC(C)=CCC1Cc2ccccc2CC1=O. The summed E-state index contributed by atoms with van der Waals surface area (Å²) in [6.07, 6.45) is 4.61. The average molecular weight is 214 g/mol. The molecule has 1 aliphatic rings. The molecule has 1 unspecified atom stereocenters. The number of hydrogen-bond acceptors (Lipinski definition) is 1. The Morgan fingerprint density at radius 2 is 2.00 bits per heavy atom. The minimum absolute atomic E-state index is 0.199. The fourth-order valence-corrected chi connectivity index (χ4v) is 2.23. The first kappa shape index (κ1) is 11.1. The van der Waals surface area contributed by atoms with Crippen LogP contribution in [0.3, 0.4) is 0 Å². The van der Waals surface area contributed by atoms with E-state index in [9.17, 15) is 4.79 Å². The lowest BCUT2D eigenvalue weighted by Gasteiger charge is -2.22. The summed E-state index contributed by atoms with van der Waals surface area (Å²) in [4.78, 5) is 11.9. The summed E-state index contributed by atoms with van der Waals surface area (Å²) in [5.74, 6) is 0.598. The average Bonchev–Trinajstić information content (AvgIpc) is 2.26. The lowest BCUT2D eigenvalue weighted by molar-refractivity contribution is -0.122. The maximum absolute atomic E-state index is 11.9. The van der Waals surface area contributed by atoms with E-state index >= 15 is 0 Å². The molecule has 1 atom stereocenters. The number of ketones is 1. The summed E-state index contributed by atoms with van der Waals surface area (Å²) in [6.45, 7) is 4.17. The highest BCUT2D eigenvalue weighted by Crippen LogP contribution is 2.25. The number of carbonyl (C=O) groups excluding carboxylic acids is 1. The van der Waals surface area contributed by atoms with Crippen LogP contribution < -0.4 is 0 Å². The van der Waals surface area contributed by atoms with Crippen molar-refractivity contribution in [1.82, 2.24) is 0 Å². The highest BCUT2D eigenvalue weighted by atomic mass is 16.1. The second kappa shape index (κ2) is 4.65. The number of hydrogen-bond donors (Lipinski definition) is 0. The predicted octanol–water partition coefficient (Wildman–Crippen LogP) is 3.33. The quantitative estimate of drug-likeness (QED) is 0.690. The van der Waals surface area contributed by atoms with Crippen LogP contribution in [0.1, 0.15) is 31.4 Å². The first-order valence-corrected chi connectivity index (χ1v) is 5.89. The van der Waals surface area contributed by atoms with Gasteiger partial charge in [0.25, 0.3) is 0 Å². The van der Waals surface area contributed by atoms with E-state index in [1.807, 2.05) is 6.07 Å². The van der Waals surface area contributed by atoms with E-state index in [0.29, 0.717) is 12.2 Å². The van der Waals surface area contributed by atoms with Crippen molar-refractivity contribution in [2.24, 2.45) is 5.92 Å². The Morgan fingerprint density at radius 1 is 1.31 bits per heavy atom. The van der Waals surface area contributed by atoms with Crippen molar-refractivity contribution in [3.8, 4) is 0 Å². The predicted molar refractivity (Wildman–Crippen MR) is 66.4 cm³/mol. The normalized spacial score (nSPS) is 19.1. The van der Waals surface area contributed by atoms with Crippen LogP contribution in [0, 0.1) is 5.92 Å². The van der Waals surface area contributed by atoms with Crippen LogP contribution in [0.25, 0.3) is 0 Å². The molecule has 0 amide bonds. The number of fused-ring (bicyclic) bond motifs is 1. The summed E-state index contributed by atoms with van der Waals surface area (Å²) < 4.78 is 0. The molecular weight excluding hydrogens is 196 g/mol. The van der Waals surface area contributed by atoms with Crippen LogP contribution >= 0.6 is 0 Å². The standard InChI is InChI=1S/C15H18O/c1-11(2)7-8-14-9-12-5-3-4-6-13(12)10-15(14)16/h3-7,14H,8-10H2,1-2H3. The lowest BCUT2D eigenvalue weighted by Crippen LogP contribution is -2.24. The van der Waals surface area contributed by atoms with Crippen LogP contribution in [0.5, 0.6) is 0 Å². The van der Waals surface area contributed by atoms with Gasteiger partial charge in [-0.25, -0.2) is 0 Å². The molecule has 2 rings (SSSR count). The van der Waals surface area contributed by atoms with Crippen LogP contribution in [0.4, 0.5) is 0 Å². The van der Waals surface area contributed by atoms with Gasteiger partial charge in [-0.3, -0.25) is 4.79 Å². The minimum atomic E-state index is 0.199. The van der Waals surface area contributed by atoms with Gasteiger partial charge < -0.3 is 0 Å². The second-order valence-electron chi connectivity index (χ2n) is 4.83. The van der Waals surface area contributed by atoms with Gasteiger partial charge in [-0.15, -0.1) is 0 Å². The smallest absolute Gasteiger partial charge is 0.140 e. The van der Waals surface area contributed by atoms with E-state index in [0.717, 1.165) is 12.8 Å². The van der Waals surface area contributed by atoms with E-state index in [1.165, 1.54) is 16.7 Å². The number of carbonyl (C=O) groups is 1. The number of allylic oxidation sites excluding steroid dienone is 2. The van der Waals surface area contributed by atoms with E-state index in [4.69, 9.17) is 0 Å². The zero-order chi connectivity index (χ0) is 11.5. The van der Waals surface area contributed by atoms with Crippen molar-refractivity contribution in [1.29, 1.82) is 0 Å². The molecule has 1 aliphatic carbocycles. The molecule has 0 fully saturated rings. The summed E-state index contributed by atoms with van der Waals surface area (Å²) in [5, 5.41) is 0. The molecule has 0 aromatic heterocycles. The second-order valence-corrected chi connectivity index (χ2v) is 4.83. The van der Waals surface area contributed by atoms with E-state index < -0.39 is 0 Å². The fraction of sp³-hybridized carbons (Fsp3) is 0.400. The highest BCUT2D eigenvalue weighted by molar-refractivity contribution is 5.85. The first-order chi connectivity index (χ1) is 7.66. The van der Waals surface area contributed by atoms with Crippen molar-refractivity contribution >= 4 is 5.78 Å². The largest absolute Gasteiger partial charge is 0.299 e. The van der Waals surface area contributed by atoms with E-state index in [1.54, 1.807) is 0 Å². The topological polar surface area (TPSA) is 17.1 Å². The third-order valence-electron chi connectivity index (χ3n) is 3.22. The van der Waals surface area contributed by atoms with Crippen molar-refractivity contribution < 1.29 is 4.79 Å². The number of rotatable bonds is 2. The number of Topliss-reactive ketones (excluding diaryl/α,β-unsaturated/α-hetero) is 1. The van der Waals surface area contributed by atoms with Gasteiger partial charge >= 0.3 is 0 Å². The van der Waals surface area contributed by atoms with Crippen molar-refractivity contribution in [3.05, 3.63) is 47.0 Å². The lowest BCUT2D eigenvalue weighted by atomic mass is 9.81. The Bertz CT molecular complexity index is 425. The summed E-state index contributed by atoms with van der Waals surface area (Å²) in [7, 11) is 0. The molecule has 1 nitrogen and oxygen atoms in total. The van der Waals surface area contributed by atoms with Gasteiger partial charge in [-0.1, -0.05) is 35.9 Å². The summed E-state index contributed by atoms with van der Waals surface area (Å²) in [5.41, 5.74) is 3.88. The molecule has 0 aliphatic heterocycles. The first-order valence-electron chi connectivity index (χ1n) is 5.89. The zero-order valence-corrected chi connectivity index (χ0v) is 9.99. The molecular formula is C15H18O. The molecule has 1 aromatic rings. The molecule has 0 saturated heterocycles. The molecule has 0 N–H and O–H groups in total. The Balaban J connectivity index is 2.15. The van der Waals surface area contributed by atoms with E-state index in [-0.39, 0.29) is 5.92 Å². The summed E-state index contributed by atoms with van der Waals surface area (Å²) in [6, 6.07) is 8.30. The molecule has 84 valence electrons. The molecule has 0 radical (unpaired) electrons. The molecule has 0 saturated carbocycles. The fourth-order valence-electron chi connectivity index (χ4n) is 2.23. The molecule has 1 heteroatoms. The van der Waals surface area contributed by atoms with Gasteiger partial charge in [0.15, 0.2) is 0 Å². The molecule has 0 heterocycles. The Labute approximate surface area is 97.2 Å². The van der Waals surface area contributed by atoms with Crippen LogP contribution in [0.15, 0.2) is 35.9 Å². The molecule has 16 heavy (non-hydrogen) atoms. The monoisotopic (exact) mass is 214 g/mol. The maximum atomic E-state index is 11.9. The summed E-state index contributed by atoms with van der Waals surface area (Å²) >= 11 is 0. The Morgan fingerprint density at radius 3 is 2.69 bits per heavy atom. The molecule has 1 aromatic carbocycles. The molecule has 0 spiro atoms. The third-order valence-corrected chi connectivity index (χ3v) is 3.22. The van der Waals surface area contributed by atoms with Gasteiger partial charge in [0.1, 0.15) is 5.78 Å². The van der Waals surface area contributed by atoms with Crippen LogP contribution in [-0.4, -0.2) is 5.78 Å². The van der Waals surface area contributed by atoms with Gasteiger partial charge in [0.05, 0.1) is 0 Å². The van der Waals surface area contributed by atoms with Crippen molar-refractivity contribution in [3.63, 3.8) is 0 Å². The van der Waals surface area contributed by atoms with Crippen LogP contribution in [0.2, 0.25) is 0 Å². The van der Waals surface area contributed by atoms with Gasteiger partial charge in [0, 0.05) is 12.3 Å². The highest BCUT2D eigenvalue weighted by Gasteiger charge is 2.24. The zero-order valence-electron chi connectivity index (χ0n) is 9.99. The van der Waals surface area contributed by atoms with Gasteiger partial charge in [-0.05, 0) is 37.8 Å². The third kappa shape index (κ3) is 2.41. The molecule has 0 bridgehead atoms. The van der Waals surface area contributed by atoms with Gasteiger partial charge in [0.2, 0.25) is 0 Å². The maximum Gasteiger partial charge on any atom is 0.140 e. The van der Waals surface area contributed by atoms with Crippen molar-refractivity contribution in [2.45, 2.75) is 33.1 Å². The Kier molecular flexibility index (Phi) is 3.23. The minimum Gasteiger partial charge on any atom is -0.299 e. The van der Waals surface area contributed by atoms with Gasteiger partial charge in [-0.2, -0.15) is 0 Å². The number of benzene rings is 1.